The lowest BCUT2D eigenvalue weighted by Crippen LogP contribution is -2.48. The van der Waals surface area contributed by atoms with Crippen LogP contribution in [0.3, 0.4) is 0 Å². The number of nitrogens with one attached hydrogen (secondary N) is 1. The van der Waals surface area contributed by atoms with E-state index in [0.29, 0.717) is 5.13 Å². The zero-order valence-corrected chi connectivity index (χ0v) is 18.1. The van der Waals surface area contributed by atoms with E-state index in [2.05, 4.69) is 27.7 Å². The van der Waals surface area contributed by atoms with Gasteiger partial charge in [0.2, 0.25) is 22.9 Å². The number of anilines is 1. The fourth-order valence-corrected chi connectivity index (χ4v) is 9.26. The molecule has 0 spiro atoms. The van der Waals surface area contributed by atoms with Crippen molar-refractivity contribution in [2.24, 2.45) is 41.4 Å². The van der Waals surface area contributed by atoms with E-state index in [0.717, 1.165) is 34.1 Å². The predicted molar refractivity (Wildman–Crippen MR) is 113 cm³/mol. The fourth-order valence-electron chi connectivity index (χ4n) is 8.28. The molecule has 2 heterocycles. The standard InChI is InChI=1S/C23H26N4O3S/c28-16(10-27-19(29)17-14-1-2-15(6-14)18(17)20(27)30)24-22-26-25-21(31-22)23-7-11-3-12(8-23)5-13(4-11)9-23/h1-2,11-15,17-18H,3-10H2,(H,24,26,28). The molecule has 162 valence electrons. The van der Waals surface area contributed by atoms with Crippen LogP contribution in [-0.4, -0.2) is 39.4 Å². The highest BCUT2D eigenvalue weighted by Gasteiger charge is 2.59. The van der Waals surface area contributed by atoms with E-state index in [1.54, 1.807) is 0 Å². The third-order valence-corrected chi connectivity index (χ3v) is 10.1. The Morgan fingerprint density at radius 3 is 2.13 bits per heavy atom. The van der Waals surface area contributed by atoms with Crippen LogP contribution < -0.4 is 5.32 Å². The molecule has 3 amide bonds. The second-order valence-corrected chi connectivity index (χ2v) is 11.9. The maximum Gasteiger partial charge on any atom is 0.246 e. The molecule has 4 atom stereocenters. The molecule has 0 radical (unpaired) electrons. The van der Waals surface area contributed by atoms with Crippen molar-refractivity contribution in [3.63, 3.8) is 0 Å². The van der Waals surface area contributed by atoms with E-state index in [9.17, 15) is 14.4 Å². The first-order valence-corrected chi connectivity index (χ1v) is 12.5. The summed E-state index contributed by atoms with van der Waals surface area (Å²) < 4.78 is 0. The number of fused-ring (bicyclic) bond motifs is 5. The first kappa shape index (κ1) is 18.5. The Morgan fingerprint density at radius 1 is 0.968 bits per heavy atom. The molecule has 8 rings (SSSR count). The number of likely N-dealkylation sites (tertiary alicyclic amines) is 1. The monoisotopic (exact) mass is 438 g/mol. The van der Waals surface area contributed by atoms with Crippen molar-refractivity contribution in [1.29, 1.82) is 0 Å². The van der Waals surface area contributed by atoms with Gasteiger partial charge >= 0.3 is 0 Å². The molecule has 1 saturated heterocycles. The second-order valence-electron chi connectivity index (χ2n) is 10.9. The Bertz CT molecular complexity index is 966. The Hall–Kier alpha value is -2.09. The van der Waals surface area contributed by atoms with Crippen LogP contribution in [-0.2, 0) is 19.8 Å². The summed E-state index contributed by atoms with van der Waals surface area (Å²) in [5, 5.41) is 13.1. The lowest BCUT2D eigenvalue weighted by atomic mass is 9.50. The number of hydrogen-bond acceptors (Lipinski definition) is 6. The SMILES string of the molecule is O=C(CN1C(=O)C2C3C=CC(C3)C2C1=O)Nc1nnc(C23CC4CC(CC(C4)C2)C3)s1. The van der Waals surface area contributed by atoms with E-state index < -0.39 is 0 Å². The third kappa shape index (κ3) is 2.60. The molecule has 7 aliphatic rings. The molecular formula is C23H26N4O3S. The normalized spacial score (nSPS) is 43.9. The van der Waals surface area contributed by atoms with Crippen molar-refractivity contribution in [2.45, 2.75) is 50.4 Å². The zero-order chi connectivity index (χ0) is 20.9. The molecular weight excluding hydrogens is 412 g/mol. The smallest absolute Gasteiger partial charge is 0.246 e. The highest BCUT2D eigenvalue weighted by molar-refractivity contribution is 7.15. The minimum absolute atomic E-state index is 0.153. The minimum Gasteiger partial charge on any atom is -0.299 e. The van der Waals surface area contributed by atoms with Crippen molar-refractivity contribution in [3.05, 3.63) is 17.2 Å². The highest BCUT2D eigenvalue weighted by Crippen LogP contribution is 2.61. The van der Waals surface area contributed by atoms with Crippen molar-refractivity contribution in [3.8, 4) is 0 Å². The summed E-state index contributed by atoms with van der Waals surface area (Å²) in [5.74, 6) is 1.52. The molecule has 8 heteroatoms. The molecule has 5 saturated carbocycles. The van der Waals surface area contributed by atoms with Gasteiger partial charge in [-0.05, 0) is 74.5 Å². The molecule has 4 unspecified atom stereocenters. The van der Waals surface area contributed by atoms with E-state index >= 15 is 0 Å². The molecule has 31 heavy (non-hydrogen) atoms. The number of rotatable bonds is 4. The van der Waals surface area contributed by atoms with Gasteiger partial charge in [0.05, 0.1) is 11.8 Å². The summed E-state index contributed by atoms with van der Waals surface area (Å²) in [7, 11) is 0. The van der Waals surface area contributed by atoms with Crippen LogP contribution in [0.2, 0.25) is 0 Å². The van der Waals surface area contributed by atoms with Gasteiger partial charge in [-0.25, -0.2) is 0 Å². The Labute approximate surface area is 184 Å². The van der Waals surface area contributed by atoms with Gasteiger partial charge in [0.1, 0.15) is 11.6 Å². The van der Waals surface area contributed by atoms with Crippen LogP contribution in [0.1, 0.15) is 50.0 Å². The molecule has 1 aromatic rings. The number of hydrogen-bond donors (Lipinski definition) is 1. The van der Waals surface area contributed by atoms with Gasteiger partial charge in [-0.1, -0.05) is 23.5 Å². The van der Waals surface area contributed by atoms with E-state index in [4.69, 9.17) is 0 Å². The number of nitrogens with zero attached hydrogens (tertiary/aromatic N) is 3. The fraction of sp³-hybridized carbons (Fsp3) is 0.696. The van der Waals surface area contributed by atoms with E-state index in [1.807, 2.05) is 0 Å². The average molecular weight is 439 g/mol. The first-order valence-electron chi connectivity index (χ1n) is 11.7. The zero-order valence-electron chi connectivity index (χ0n) is 17.3. The quantitative estimate of drug-likeness (QED) is 0.576. The number of imide groups is 1. The van der Waals surface area contributed by atoms with Crippen LogP contribution >= 0.6 is 11.3 Å². The highest BCUT2D eigenvalue weighted by atomic mass is 32.1. The van der Waals surface area contributed by atoms with Crippen molar-refractivity contribution in [2.75, 3.05) is 11.9 Å². The van der Waals surface area contributed by atoms with Gasteiger partial charge in [0.15, 0.2) is 0 Å². The van der Waals surface area contributed by atoms with Crippen LogP contribution in [0.15, 0.2) is 12.2 Å². The van der Waals surface area contributed by atoms with Crippen LogP contribution in [0.5, 0.6) is 0 Å². The van der Waals surface area contributed by atoms with Crippen molar-refractivity contribution >= 4 is 34.2 Å². The van der Waals surface area contributed by atoms with Gasteiger partial charge in [0.25, 0.3) is 0 Å². The Balaban J connectivity index is 1.04. The lowest BCUT2D eigenvalue weighted by molar-refractivity contribution is -0.143. The van der Waals surface area contributed by atoms with Gasteiger partial charge in [-0.2, -0.15) is 0 Å². The van der Waals surface area contributed by atoms with Gasteiger partial charge < -0.3 is 0 Å². The summed E-state index contributed by atoms with van der Waals surface area (Å²) >= 11 is 1.48. The number of carbonyl (C=O) groups is 3. The Kier molecular flexibility index (Phi) is 3.72. The molecule has 1 aromatic heterocycles. The summed E-state index contributed by atoms with van der Waals surface area (Å²) in [6, 6.07) is 0. The summed E-state index contributed by atoms with van der Waals surface area (Å²) in [6.45, 7) is -0.226. The Morgan fingerprint density at radius 2 is 1.55 bits per heavy atom. The molecule has 1 aliphatic heterocycles. The van der Waals surface area contributed by atoms with E-state index in [1.165, 1.54) is 49.9 Å². The third-order valence-electron chi connectivity index (χ3n) is 9.03. The molecule has 6 fully saturated rings. The largest absolute Gasteiger partial charge is 0.299 e. The topological polar surface area (TPSA) is 92.3 Å². The number of aromatic nitrogens is 2. The minimum atomic E-state index is -0.366. The van der Waals surface area contributed by atoms with Gasteiger partial charge in [-0.15, -0.1) is 10.2 Å². The number of amides is 3. The maximum atomic E-state index is 12.8. The molecule has 7 nitrogen and oxygen atoms in total. The average Bonchev–Trinajstić information content (AvgIpc) is 3.49. The van der Waals surface area contributed by atoms with Crippen LogP contribution in [0, 0.1) is 41.4 Å². The van der Waals surface area contributed by atoms with Crippen molar-refractivity contribution in [1.82, 2.24) is 15.1 Å². The maximum absolute atomic E-state index is 12.8. The van der Waals surface area contributed by atoms with Gasteiger partial charge in [0, 0.05) is 5.41 Å². The van der Waals surface area contributed by atoms with Crippen molar-refractivity contribution < 1.29 is 14.4 Å². The van der Waals surface area contributed by atoms with Gasteiger partial charge in [-0.3, -0.25) is 24.6 Å². The van der Waals surface area contributed by atoms with Crippen LogP contribution in [0.4, 0.5) is 5.13 Å². The summed E-state index contributed by atoms with van der Waals surface area (Å²) in [4.78, 5) is 39.5. The number of carbonyl (C=O) groups excluding carboxylic acids is 3. The number of allylic oxidation sites excluding steroid dienone is 2. The van der Waals surface area contributed by atoms with Crippen LogP contribution in [0.25, 0.3) is 0 Å². The predicted octanol–water partition coefficient (Wildman–Crippen LogP) is 2.75. The summed E-state index contributed by atoms with van der Waals surface area (Å²) in [5.41, 5.74) is 0.153. The first-order chi connectivity index (χ1) is 15.0. The molecule has 1 N–H and O–H groups in total. The molecule has 6 bridgehead atoms. The lowest BCUT2D eigenvalue weighted by Gasteiger charge is -2.55. The van der Waals surface area contributed by atoms with E-state index in [-0.39, 0.29) is 53.4 Å². The molecule has 6 aliphatic carbocycles. The summed E-state index contributed by atoms with van der Waals surface area (Å²) in [6.07, 6.45) is 12.8. The second kappa shape index (κ2) is 6.24. The molecule has 0 aromatic carbocycles.